The first-order valence-corrected chi connectivity index (χ1v) is 10.4. The van der Waals surface area contributed by atoms with Crippen molar-refractivity contribution >= 4 is 11.6 Å². The van der Waals surface area contributed by atoms with Crippen LogP contribution in [0.4, 0.5) is 13.2 Å². The Balaban J connectivity index is 1.73. The molecule has 1 saturated carbocycles. The summed E-state index contributed by atoms with van der Waals surface area (Å²) in [6.45, 7) is 1.58. The number of rotatable bonds is 4. The van der Waals surface area contributed by atoms with Crippen LogP contribution in [0.2, 0.25) is 5.02 Å². The molecule has 170 valence electrons. The van der Waals surface area contributed by atoms with Gasteiger partial charge in [-0.3, -0.25) is 4.68 Å². The molecule has 7 nitrogen and oxygen atoms in total. The van der Waals surface area contributed by atoms with Crippen molar-refractivity contribution in [2.75, 3.05) is 0 Å². The van der Waals surface area contributed by atoms with Crippen LogP contribution >= 0.6 is 11.6 Å². The van der Waals surface area contributed by atoms with Crippen molar-refractivity contribution in [3.05, 3.63) is 59.8 Å². The summed E-state index contributed by atoms with van der Waals surface area (Å²) in [6, 6.07) is 7.78. The van der Waals surface area contributed by atoms with Gasteiger partial charge in [-0.2, -0.15) is 18.3 Å². The van der Waals surface area contributed by atoms with Gasteiger partial charge in [-0.15, -0.1) is 0 Å². The summed E-state index contributed by atoms with van der Waals surface area (Å²) in [7, 11) is 0. The summed E-state index contributed by atoms with van der Waals surface area (Å²) in [6.07, 6.45) is -0.535. The molecular weight excluding hydrogens is 459 g/mol. The molecule has 0 amide bonds. The number of aliphatic hydroxyl groups is 1. The molecule has 5 rings (SSSR count). The second-order valence-corrected chi connectivity index (χ2v) is 8.63. The number of nitrogens with zero attached hydrogens (tertiary/aromatic N) is 5. The zero-order valence-electron chi connectivity index (χ0n) is 17.2. The smallest absolute Gasteiger partial charge is 0.390 e. The van der Waals surface area contributed by atoms with Crippen LogP contribution < -0.4 is 0 Å². The van der Waals surface area contributed by atoms with Gasteiger partial charge in [0.2, 0.25) is 0 Å². The molecule has 1 aliphatic carbocycles. The Labute approximate surface area is 190 Å². The number of hydrogen-bond donors (Lipinski definition) is 1. The van der Waals surface area contributed by atoms with Crippen LogP contribution in [0, 0.1) is 0 Å². The molecule has 4 aromatic rings. The first-order chi connectivity index (χ1) is 15.7. The maximum absolute atomic E-state index is 14.2. The maximum Gasteiger partial charge on any atom is 0.433 e. The highest BCUT2D eigenvalue weighted by Gasteiger charge is 2.47. The SMILES string of the molecule is C[C@]1(O)C[C@@H](n2ncc(-c3onc(-c4ccccc4Cl)c3-c3ccncn3)c2C(F)(F)F)C1. The monoisotopic (exact) mass is 475 g/mol. The topological polar surface area (TPSA) is 89.9 Å². The molecule has 11 heteroatoms. The Morgan fingerprint density at radius 3 is 2.58 bits per heavy atom. The highest BCUT2D eigenvalue weighted by Crippen LogP contribution is 2.48. The predicted molar refractivity (Wildman–Crippen MR) is 113 cm³/mol. The van der Waals surface area contributed by atoms with E-state index in [4.69, 9.17) is 16.1 Å². The van der Waals surface area contributed by atoms with Crippen LogP contribution in [0.25, 0.3) is 33.8 Å². The molecule has 0 aliphatic heterocycles. The minimum atomic E-state index is -4.73. The van der Waals surface area contributed by atoms with Gasteiger partial charge >= 0.3 is 6.18 Å². The Kier molecular flexibility index (Phi) is 5.02. The van der Waals surface area contributed by atoms with Gasteiger partial charge < -0.3 is 9.63 Å². The Hall–Kier alpha value is -3.24. The fourth-order valence-electron chi connectivity index (χ4n) is 4.20. The molecular formula is C22H17ClF3N5O2. The summed E-state index contributed by atoms with van der Waals surface area (Å²) >= 11 is 6.34. The summed E-state index contributed by atoms with van der Waals surface area (Å²) in [5.74, 6) is -0.131. The lowest BCUT2D eigenvalue weighted by atomic mass is 9.77. The molecule has 0 radical (unpaired) electrons. The number of benzene rings is 1. The van der Waals surface area contributed by atoms with Crippen LogP contribution in [0.15, 0.2) is 53.6 Å². The number of alkyl halides is 3. The molecule has 0 saturated heterocycles. The highest BCUT2D eigenvalue weighted by atomic mass is 35.5. The average molecular weight is 476 g/mol. The molecule has 3 aromatic heterocycles. The normalized spacial score (nSPS) is 20.6. The lowest BCUT2D eigenvalue weighted by Gasteiger charge is -2.41. The lowest BCUT2D eigenvalue weighted by molar-refractivity contribution is -0.148. The quantitative estimate of drug-likeness (QED) is 0.424. The van der Waals surface area contributed by atoms with Crippen molar-refractivity contribution in [3.63, 3.8) is 0 Å². The maximum atomic E-state index is 14.2. The molecule has 33 heavy (non-hydrogen) atoms. The van der Waals surface area contributed by atoms with Gasteiger partial charge in [0, 0.05) is 11.8 Å². The molecule has 1 aromatic carbocycles. The largest absolute Gasteiger partial charge is 0.433 e. The van der Waals surface area contributed by atoms with Gasteiger partial charge in [0.15, 0.2) is 11.5 Å². The first kappa shape index (κ1) is 21.6. The highest BCUT2D eigenvalue weighted by molar-refractivity contribution is 6.33. The standard InChI is InChI=1S/C22H17ClF3N5O2/c1-21(32)8-12(9-21)31-20(22(24,25)26)14(10-29-31)19-17(16-6-7-27-11-28-16)18(30-33-19)13-4-2-3-5-15(13)23/h2-7,10-12,32H,8-9H2,1H3/t12-,21+. The van der Waals surface area contributed by atoms with E-state index in [1.54, 1.807) is 37.3 Å². The molecule has 3 heterocycles. The number of halogens is 4. The molecule has 1 fully saturated rings. The number of hydrogen-bond acceptors (Lipinski definition) is 6. The van der Waals surface area contributed by atoms with Crippen molar-refractivity contribution < 1.29 is 22.8 Å². The van der Waals surface area contributed by atoms with E-state index < -0.39 is 23.5 Å². The number of aromatic nitrogens is 5. The van der Waals surface area contributed by atoms with Gasteiger partial charge in [0.1, 0.15) is 12.0 Å². The van der Waals surface area contributed by atoms with Crippen molar-refractivity contribution in [3.8, 4) is 33.8 Å². The third kappa shape index (κ3) is 3.79. The van der Waals surface area contributed by atoms with E-state index in [9.17, 15) is 18.3 Å². The van der Waals surface area contributed by atoms with Crippen molar-refractivity contribution in [1.82, 2.24) is 24.9 Å². The second kappa shape index (κ2) is 7.67. The van der Waals surface area contributed by atoms with E-state index >= 15 is 0 Å². The van der Waals surface area contributed by atoms with E-state index in [0.717, 1.165) is 10.9 Å². The van der Waals surface area contributed by atoms with E-state index in [2.05, 4.69) is 20.2 Å². The average Bonchev–Trinajstić information content (AvgIpc) is 3.37. The predicted octanol–water partition coefficient (Wildman–Crippen LogP) is 5.42. The first-order valence-electron chi connectivity index (χ1n) is 10.0. The van der Waals surface area contributed by atoms with Crippen LogP contribution in [-0.2, 0) is 6.18 Å². The Morgan fingerprint density at radius 1 is 1.18 bits per heavy atom. The summed E-state index contributed by atoms with van der Waals surface area (Å²) in [4.78, 5) is 8.09. The third-order valence-electron chi connectivity index (χ3n) is 5.66. The van der Waals surface area contributed by atoms with Crippen molar-refractivity contribution in [2.24, 2.45) is 0 Å². The van der Waals surface area contributed by atoms with E-state index in [1.807, 2.05) is 0 Å². The Bertz CT molecular complexity index is 1310. The van der Waals surface area contributed by atoms with E-state index in [1.165, 1.54) is 12.5 Å². The van der Waals surface area contributed by atoms with Gasteiger partial charge in [0.25, 0.3) is 0 Å². The zero-order valence-corrected chi connectivity index (χ0v) is 18.0. The van der Waals surface area contributed by atoms with Gasteiger partial charge in [0.05, 0.1) is 39.7 Å². The van der Waals surface area contributed by atoms with E-state index in [-0.39, 0.29) is 35.4 Å². The summed E-state index contributed by atoms with van der Waals surface area (Å²) in [5, 5.41) is 18.5. The van der Waals surface area contributed by atoms with Crippen LogP contribution in [0.5, 0.6) is 0 Å². The molecule has 0 atom stereocenters. The fourth-order valence-corrected chi connectivity index (χ4v) is 4.43. The lowest BCUT2D eigenvalue weighted by Crippen LogP contribution is -2.43. The van der Waals surface area contributed by atoms with E-state index in [0.29, 0.717) is 16.3 Å². The van der Waals surface area contributed by atoms with Gasteiger partial charge in [-0.1, -0.05) is 35.0 Å². The minimum absolute atomic E-state index is 0.131. The van der Waals surface area contributed by atoms with Crippen LogP contribution in [0.1, 0.15) is 31.5 Å². The third-order valence-corrected chi connectivity index (χ3v) is 5.99. The van der Waals surface area contributed by atoms with Crippen LogP contribution in [0.3, 0.4) is 0 Å². The summed E-state index contributed by atoms with van der Waals surface area (Å²) in [5.41, 5.74) is -0.955. The summed E-state index contributed by atoms with van der Waals surface area (Å²) < 4.78 is 49.1. The molecule has 0 bridgehead atoms. The fraction of sp³-hybridized carbons (Fsp3) is 0.273. The van der Waals surface area contributed by atoms with Gasteiger partial charge in [-0.05, 0) is 31.9 Å². The molecule has 1 aliphatic rings. The minimum Gasteiger partial charge on any atom is -0.390 e. The zero-order chi connectivity index (χ0) is 23.4. The van der Waals surface area contributed by atoms with Crippen molar-refractivity contribution in [2.45, 2.75) is 37.6 Å². The molecule has 1 N–H and O–H groups in total. The second-order valence-electron chi connectivity index (χ2n) is 8.22. The molecule has 0 unspecified atom stereocenters. The van der Waals surface area contributed by atoms with Gasteiger partial charge in [-0.25, -0.2) is 9.97 Å². The van der Waals surface area contributed by atoms with Crippen LogP contribution in [-0.4, -0.2) is 35.6 Å². The molecule has 0 spiro atoms. The Morgan fingerprint density at radius 2 is 1.94 bits per heavy atom. The van der Waals surface area contributed by atoms with Crippen molar-refractivity contribution in [1.29, 1.82) is 0 Å².